The molecule has 0 atom stereocenters. The highest BCUT2D eigenvalue weighted by atomic mass is 127. The third kappa shape index (κ3) is 7.70. The number of aliphatic imine (C=N–C) groups is 1. The number of nitrogens with one attached hydrogen (secondary N) is 2. The fraction of sp³-hybridized carbons (Fsp3) is 0.611. The van der Waals surface area contributed by atoms with Gasteiger partial charge in [-0.2, -0.15) is 0 Å². The Morgan fingerprint density at radius 2 is 2.00 bits per heavy atom. The van der Waals surface area contributed by atoms with E-state index in [1.807, 2.05) is 18.2 Å². The summed E-state index contributed by atoms with van der Waals surface area (Å²) in [5.74, 6) is 1.76. The Morgan fingerprint density at radius 1 is 1.21 bits per heavy atom. The van der Waals surface area contributed by atoms with E-state index < -0.39 is 0 Å². The summed E-state index contributed by atoms with van der Waals surface area (Å²) in [7, 11) is 1.69. The van der Waals surface area contributed by atoms with Crippen molar-refractivity contribution < 1.29 is 4.74 Å². The first kappa shape index (κ1) is 21.0. The maximum absolute atomic E-state index is 5.26. The monoisotopic (exact) mass is 446 g/mol. The number of hydrogen-bond acceptors (Lipinski definition) is 3. The van der Waals surface area contributed by atoms with Crippen LogP contribution in [0.4, 0.5) is 0 Å². The van der Waals surface area contributed by atoms with Gasteiger partial charge in [-0.1, -0.05) is 18.6 Å². The van der Waals surface area contributed by atoms with Gasteiger partial charge in [-0.25, -0.2) is 4.99 Å². The summed E-state index contributed by atoms with van der Waals surface area (Å²) in [4.78, 5) is 7.19. The molecule has 136 valence electrons. The summed E-state index contributed by atoms with van der Waals surface area (Å²) in [6, 6.07) is 8.06. The molecule has 2 rings (SSSR count). The summed E-state index contributed by atoms with van der Waals surface area (Å²) in [5.41, 5.74) is 1.15. The molecule has 1 aromatic carbocycles. The average Bonchev–Trinajstić information content (AvgIpc) is 2.61. The number of piperidine rings is 1. The van der Waals surface area contributed by atoms with Gasteiger partial charge in [-0.3, -0.25) is 0 Å². The number of benzene rings is 1. The smallest absolute Gasteiger partial charge is 0.191 e. The lowest BCUT2D eigenvalue weighted by molar-refractivity contribution is 0.232. The third-order valence-corrected chi connectivity index (χ3v) is 4.07. The van der Waals surface area contributed by atoms with Crippen molar-refractivity contribution in [3.8, 4) is 5.75 Å². The molecule has 6 heteroatoms. The predicted octanol–water partition coefficient (Wildman–Crippen LogP) is 2.85. The van der Waals surface area contributed by atoms with Crippen molar-refractivity contribution in [3.05, 3.63) is 29.8 Å². The van der Waals surface area contributed by atoms with Crippen LogP contribution in [0.1, 0.15) is 31.7 Å². The molecule has 1 aliphatic rings. The molecule has 0 spiro atoms. The molecule has 5 nitrogen and oxygen atoms in total. The van der Waals surface area contributed by atoms with Gasteiger partial charge >= 0.3 is 0 Å². The maximum atomic E-state index is 5.26. The van der Waals surface area contributed by atoms with Crippen molar-refractivity contribution in [2.24, 2.45) is 4.99 Å². The largest absolute Gasteiger partial charge is 0.497 e. The molecule has 1 saturated heterocycles. The fourth-order valence-electron chi connectivity index (χ4n) is 2.80. The van der Waals surface area contributed by atoms with Gasteiger partial charge in [0.25, 0.3) is 0 Å². The van der Waals surface area contributed by atoms with Crippen LogP contribution in [0.2, 0.25) is 0 Å². The summed E-state index contributed by atoms with van der Waals surface area (Å²) in [6.07, 6.45) is 4.06. The Kier molecular flexibility index (Phi) is 10.8. The molecule has 1 heterocycles. The Hall–Kier alpha value is -1.02. The molecule has 24 heavy (non-hydrogen) atoms. The third-order valence-electron chi connectivity index (χ3n) is 4.07. The van der Waals surface area contributed by atoms with E-state index >= 15 is 0 Å². The molecular formula is C18H31IN4O. The molecule has 0 saturated carbocycles. The van der Waals surface area contributed by atoms with E-state index in [0.717, 1.165) is 36.9 Å². The molecule has 2 N–H and O–H groups in total. The summed E-state index contributed by atoms with van der Waals surface area (Å²) >= 11 is 0. The molecule has 0 radical (unpaired) electrons. The minimum Gasteiger partial charge on any atom is -0.497 e. The van der Waals surface area contributed by atoms with Crippen LogP contribution >= 0.6 is 24.0 Å². The van der Waals surface area contributed by atoms with E-state index in [9.17, 15) is 0 Å². The fourth-order valence-corrected chi connectivity index (χ4v) is 2.80. The number of ether oxygens (including phenoxy) is 1. The van der Waals surface area contributed by atoms with Gasteiger partial charge in [0.15, 0.2) is 5.96 Å². The molecule has 1 aromatic rings. The molecule has 1 fully saturated rings. The van der Waals surface area contributed by atoms with Gasteiger partial charge in [0.1, 0.15) is 5.75 Å². The number of guanidine groups is 1. The number of halogens is 1. The minimum atomic E-state index is 0. The predicted molar refractivity (Wildman–Crippen MR) is 112 cm³/mol. The number of methoxy groups -OCH3 is 1. The maximum Gasteiger partial charge on any atom is 0.191 e. The lowest BCUT2D eigenvalue weighted by atomic mass is 10.1. The standard InChI is InChI=1S/C18H30N4O.HI/c1-3-19-18(20-10-13-22-11-5-4-6-12-22)21-15-16-8-7-9-17(14-16)23-2;/h7-9,14H,3-6,10-13,15H2,1-2H3,(H2,19,20,21);1H. The van der Waals surface area contributed by atoms with Gasteiger partial charge < -0.3 is 20.3 Å². The zero-order valence-corrected chi connectivity index (χ0v) is 17.2. The van der Waals surface area contributed by atoms with E-state index in [0.29, 0.717) is 6.54 Å². The highest BCUT2D eigenvalue weighted by molar-refractivity contribution is 14.0. The van der Waals surface area contributed by atoms with Crippen molar-refractivity contribution in [3.63, 3.8) is 0 Å². The first-order valence-corrected chi connectivity index (χ1v) is 8.69. The van der Waals surface area contributed by atoms with Crippen LogP contribution < -0.4 is 15.4 Å². The Morgan fingerprint density at radius 3 is 2.71 bits per heavy atom. The first-order chi connectivity index (χ1) is 11.3. The highest BCUT2D eigenvalue weighted by Crippen LogP contribution is 2.13. The second-order valence-corrected chi connectivity index (χ2v) is 5.88. The topological polar surface area (TPSA) is 48.9 Å². The van der Waals surface area contributed by atoms with E-state index in [1.54, 1.807) is 7.11 Å². The Bertz CT molecular complexity index is 490. The summed E-state index contributed by atoms with van der Waals surface area (Å²) < 4.78 is 5.26. The van der Waals surface area contributed by atoms with Gasteiger partial charge in [0, 0.05) is 19.6 Å². The normalized spacial score (nSPS) is 15.5. The van der Waals surface area contributed by atoms with Crippen LogP contribution in [0.15, 0.2) is 29.3 Å². The molecule has 0 bridgehead atoms. The van der Waals surface area contributed by atoms with Crippen LogP contribution in [0.25, 0.3) is 0 Å². The summed E-state index contributed by atoms with van der Waals surface area (Å²) in [5, 5.41) is 6.74. The Labute approximate surface area is 163 Å². The lowest BCUT2D eigenvalue weighted by Crippen LogP contribution is -2.42. The summed E-state index contributed by atoms with van der Waals surface area (Å²) in [6.45, 7) is 8.10. The van der Waals surface area contributed by atoms with Crippen LogP contribution in [-0.4, -0.2) is 50.7 Å². The average molecular weight is 446 g/mol. The van der Waals surface area contributed by atoms with Crippen LogP contribution in [0.5, 0.6) is 5.75 Å². The molecule has 0 amide bonds. The van der Waals surface area contributed by atoms with Gasteiger partial charge in [-0.15, -0.1) is 24.0 Å². The van der Waals surface area contributed by atoms with Gasteiger partial charge in [-0.05, 0) is 50.6 Å². The Balaban J connectivity index is 0.00000288. The second kappa shape index (κ2) is 12.4. The first-order valence-electron chi connectivity index (χ1n) is 8.69. The second-order valence-electron chi connectivity index (χ2n) is 5.88. The number of rotatable bonds is 7. The van der Waals surface area contributed by atoms with Crippen molar-refractivity contribution >= 4 is 29.9 Å². The van der Waals surface area contributed by atoms with Gasteiger partial charge in [0.2, 0.25) is 0 Å². The van der Waals surface area contributed by atoms with Crippen molar-refractivity contribution in [1.29, 1.82) is 0 Å². The van der Waals surface area contributed by atoms with Crippen molar-refractivity contribution in [2.75, 3.05) is 39.8 Å². The molecule has 1 aliphatic heterocycles. The number of nitrogens with zero attached hydrogens (tertiary/aromatic N) is 2. The number of likely N-dealkylation sites (tertiary alicyclic amines) is 1. The molecule has 0 unspecified atom stereocenters. The SMILES string of the molecule is CCNC(=NCc1cccc(OC)c1)NCCN1CCCCC1.I. The van der Waals surface area contributed by atoms with Crippen LogP contribution in [0.3, 0.4) is 0 Å². The van der Waals surface area contributed by atoms with E-state index in [2.05, 4.69) is 33.5 Å². The minimum absolute atomic E-state index is 0. The molecule has 0 aromatic heterocycles. The van der Waals surface area contributed by atoms with E-state index in [4.69, 9.17) is 4.74 Å². The molecular weight excluding hydrogens is 415 g/mol. The zero-order valence-electron chi connectivity index (χ0n) is 14.9. The highest BCUT2D eigenvalue weighted by Gasteiger charge is 2.09. The van der Waals surface area contributed by atoms with E-state index in [-0.39, 0.29) is 24.0 Å². The zero-order chi connectivity index (χ0) is 16.3. The lowest BCUT2D eigenvalue weighted by Gasteiger charge is -2.26. The number of hydrogen-bond donors (Lipinski definition) is 2. The van der Waals surface area contributed by atoms with Gasteiger partial charge in [0.05, 0.1) is 13.7 Å². The van der Waals surface area contributed by atoms with Crippen molar-refractivity contribution in [2.45, 2.75) is 32.7 Å². The quantitative estimate of drug-likeness (QED) is 0.384. The van der Waals surface area contributed by atoms with Crippen molar-refractivity contribution in [1.82, 2.24) is 15.5 Å². The van der Waals surface area contributed by atoms with Crippen LogP contribution in [-0.2, 0) is 6.54 Å². The van der Waals surface area contributed by atoms with Crippen LogP contribution in [0, 0.1) is 0 Å². The van der Waals surface area contributed by atoms with E-state index in [1.165, 1.54) is 32.4 Å². The molecule has 0 aliphatic carbocycles.